The summed E-state index contributed by atoms with van der Waals surface area (Å²) in [7, 11) is 0. The second-order valence-corrected chi connectivity index (χ2v) is 7.68. The van der Waals surface area contributed by atoms with Gasteiger partial charge in [-0.25, -0.2) is 9.97 Å². The van der Waals surface area contributed by atoms with Crippen molar-refractivity contribution in [3.63, 3.8) is 0 Å². The van der Waals surface area contributed by atoms with E-state index in [1.54, 1.807) is 6.33 Å². The molecular formula is C17H26N4O3. The van der Waals surface area contributed by atoms with E-state index >= 15 is 0 Å². The van der Waals surface area contributed by atoms with Crippen LogP contribution >= 0.6 is 0 Å². The largest absolute Gasteiger partial charge is 0.473 e. The van der Waals surface area contributed by atoms with Crippen molar-refractivity contribution in [3.8, 4) is 5.88 Å². The molecule has 0 amide bonds. The molecule has 132 valence electrons. The Bertz CT molecular complexity index is 604. The summed E-state index contributed by atoms with van der Waals surface area (Å²) < 4.78 is 17.7. The molecule has 1 aromatic heterocycles. The van der Waals surface area contributed by atoms with E-state index in [0.717, 1.165) is 56.2 Å². The van der Waals surface area contributed by atoms with Gasteiger partial charge in [-0.15, -0.1) is 0 Å². The molecule has 0 spiro atoms. The third-order valence-electron chi connectivity index (χ3n) is 4.55. The van der Waals surface area contributed by atoms with Crippen LogP contribution in [-0.4, -0.2) is 58.7 Å². The second-order valence-electron chi connectivity index (χ2n) is 7.68. The summed E-state index contributed by atoms with van der Waals surface area (Å²) in [4.78, 5) is 11.0. The summed E-state index contributed by atoms with van der Waals surface area (Å²) >= 11 is 0. The Morgan fingerprint density at radius 2 is 2.21 bits per heavy atom. The minimum absolute atomic E-state index is 0.0683. The first kappa shape index (κ1) is 16.2. The Morgan fingerprint density at radius 3 is 3.04 bits per heavy atom. The van der Waals surface area contributed by atoms with Gasteiger partial charge in [0.15, 0.2) is 12.5 Å². The normalized spacial score (nSPS) is 30.2. The standard InChI is InChI=1S/C17H26N4O3/c1-17(2,3)24-16-15(23-16)21-7-5-11(9-21)22-14-12-8-18-6-4-13(12)19-10-20-14/h10-11,15-16,18H,4-9H2,1-3H3/t11-,15?,16?/m0/s1. The highest BCUT2D eigenvalue weighted by atomic mass is 16.8. The fourth-order valence-corrected chi connectivity index (χ4v) is 3.37. The minimum Gasteiger partial charge on any atom is -0.473 e. The van der Waals surface area contributed by atoms with E-state index in [4.69, 9.17) is 14.2 Å². The molecule has 3 aliphatic rings. The monoisotopic (exact) mass is 334 g/mol. The van der Waals surface area contributed by atoms with Crippen LogP contribution in [0, 0.1) is 0 Å². The van der Waals surface area contributed by atoms with Crippen molar-refractivity contribution in [2.75, 3.05) is 19.6 Å². The number of rotatable bonds is 4. The van der Waals surface area contributed by atoms with Crippen LogP contribution < -0.4 is 10.1 Å². The second kappa shape index (κ2) is 6.22. The van der Waals surface area contributed by atoms with Gasteiger partial charge >= 0.3 is 0 Å². The van der Waals surface area contributed by atoms with E-state index in [2.05, 4.69) is 20.2 Å². The van der Waals surface area contributed by atoms with Gasteiger partial charge < -0.3 is 19.5 Å². The van der Waals surface area contributed by atoms with E-state index in [-0.39, 0.29) is 24.2 Å². The van der Waals surface area contributed by atoms with Gasteiger partial charge in [0.05, 0.1) is 11.3 Å². The lowest BCUT2D eigenvalue weighted by atomic mass is 10.1. The number of epoxide rings is 1. The number of hydrogen-bond donors (Lipinski definition) is 1. The van der Waals surface area contributed by atoms with Crippen molar-refractivity contribution < 1.29 is 14.2 Å². The Balaban J connectivity index is 1.34. The lowest BCUT2D eigenvalue weighted by Crippen LogP contribution is -2.32. The molecule has 1 aromatic rings. The Hall–Kier alpha value is -1.28. The van der Waals surface area contributed by atoms with Crippen LogP contribution in [0.1, 0.15) is 38.4 Å². The Labute approximate surface area is 142 Å². The van der Waals surface area contributed by atoms with Crippen molar-refractivity contribution in [3.05, 3.63) is 17.6 Å². The third kappa shape index (κ3) is 3.54. The molecule has 2 fully saturated rings. The fourth-order valence-electron chi connectivity index (χ4n) is 3.37. The van der Waals surface area contributed by atoms with Gasteiger partial charge in [-0.3, -0.25) is 4.90 Å². The van der Waals surface area contributed by atoms with Crippen LogP contribution in [-0.2, 0) is 22.4 Å². The molecule has 7 nitrogen and oxygen atoms in total. The molecule has 3 aliphatic heterocycles. The van der Waals surface area contributed by atoms with Gasteiger partial charge in [0.1, 0.15) is 12.4 Å². The smallest absolute Gasteiger partial charge is 0.221 e. The Morgan fingerprint density at radius 1 is 1.33 bits per heavy atom. The molecule has 0 saturated carbocycles. The number of ether oxygens (including phenoxy) is 3. The SMILES string of the molecule is CC(C)(C)OC1OC1N1CC[C@H](Oc2ncnc3c2CNCC3)C1. The summed E-state index contributed by atoms with van der Waals surface area (Å²) in [6, 6.07) is 0. The first-order chi connectivity index (χ1) is 11.5. The molecule has 1 N–H and O–H groups in total. The zero-order valence-electron chi connectivity index (χ0n) is 14.6. The molecule has 24 heavy (non-hydrogen) atoms. The first-order valence-electron chi connectivity index (χ1n) is 8.77. The molecule has 2 saturated heterocycles. The van der Waals surface area contributed by atoms with Crippen molar-refractivity contribution in [1.29, 1.82) is 0 Å². The molecule has 0 aromatic carbocycles. The maximum absolute atomic E-state index is 6.19. The lowest BCUT2D eigenvalue weighted by molar-refractivity contribution is -0.0576. The maximum atomic E-state index is 6.19. The lowest BCUT2D eigenvalue weighted by Gasteiger charge is -2.21. The van der Waals surface area contributed by atoms with Gasteiger partial charge in [0.2, 0.25) is 5.88 Å². The zero-order chi connectivity index (χ0) is 16.7. The Kier molecular flexibility index (Phi) is 4.20. The number of nitrogens with one attached hydrogen (secondary N) is 1. The van der Waals surface area contributed by atoms with Gasteiger partial charge in [-0.2, -0.15) is 0 Å². The van der Waals surface area contributed by atoms with E-state index in [0.29, 0.717) is 0 Å². The van der Waals surface area contributed by atoms with Crippen LogP contribution in [0.5, 0.6) is 5.88 Å². The van der Waals surface area contributed by atoms with Crippen LogP contribution in [0.15, 0.2) is 6.33 Å². The van der Waals surface area contributed by atoms with E-state index in [1.807, 2.05) is 20.8 Å². The maximum Gasteiger partial charge on any atom is 0.221 e. The van der Waals surface area contributed by atoms with Crippen molar-refractivity contribution in [2.45, 2.75) is 64.4 Å². The van der Waals surface area contributed by atoms with E-state index in [9.17, 15) is 0 Å². The number of fused-ring (bicyclic) bond motifs is 1. The van der Waals surface area contributed by atoms with Gasteiger partial charge in [0, 0.05) is 38.2 Å². The van der Waals surface area contributed by atoms with E-state index < -0.39 is 0 Å². The van der Waals surface area contributed by atoms with Crippen molar-refractivity contribution in [2.24, 2.45) is 0 Å². The predicted molar refractivity (Wildman–Crippen MR) is 87.5 cm³/mol. The van der Waals surface area contributed by atoms with Crippen LogP contribution in [0.25, 0.3) is 0 Å². The topological polar surface area (TPSA) is 72.0 Å². The summed E-state index contributed by atoms with van der Waals surface area (Å²) in [5.41, 5.74) is 2.04. The summed E-state index contributed by atoms with van der Waals surface area (Å²) in [5, 5.41) is 3.36. The van der Waals surface area contributed by atoms with E-state index in [1.165, 1.54) is 0 Å². The quantitative estimate of drug-likeness (QED) is 0.826. The zero-order valence-corrected chi connectivity index (χ0v) is 14.6. The number of hydrogen-bond acceptors (Lipinski definition) is 7. The highest BCUT2D eigenvalue weighted by molar-refractivity contribution is 5.31. The molecule has 0 bridgehead atoms. The van der Waals surface area contributed by atoms with Crippen molar-refractivity contribution in [1.82, 2.24) is 20.2 Å². The predicted octanol–water partition coefficient (Wildman–Crippen LogP) is 1.07. The highest BCUT2D eigenvalue weighted by Gasteiger charge is 2.49. The third-order valence-corrected chi connectivity index (χ3v) is 4.55. The number of likely N-dealkylation sites (tertiary alicyclic amines) is 1. The number of aromatic nitrogens is 2. The molecule has 0 radical (unpaired) electrons. The molecule has 3 atom stereocenters. The molecule has 7 heteroatoms. The highest BCUT2D eigenvalue weighted by Crippen LogP contribution is 2.34. The summed E-state index contributed by atoms with van der Waals surface area (Å²) in [6.45, 7) is 9.71. The number of nitrogens with zero attached hydrogens (tertiary/aromatic N) is 3. The molecule has 4 heterocycles. The summed E-state index contributed by atoms with van der Waals surface area (Å²) in [5.74, 6) is 0.734. The molecule has 0 aliphatic carbocycles. The fraction of sp³-hybridized carbons (Fsp3) is 0.765. The minimum atomic E-state index is -0.179. The van der Waals surface area contributed by atoms with Gasteiger partial charge in [-0.05, 0) is 27.2 Å². The van der Waals surface area contributed by atoms with Crippen molar-refractivity contribution >= 4 is 0 Å². The van der Waals surface area contributed by atoms with Crippen LogP contribution in [0.2, 0.25) is 0 Å². The van der Waals surface area contributed by atoms with Gasteiger partial charge in [-0.1, -0.05) is 0 Å². The van der Waals surface area contributed by atoms with Crippen LogP contribution in [0.4, 0.5) is 0 Å². The molecule has 2 unspecified atom stereocenters. The summed E-state index contributed by atoms with van der Waals surface area (Å²) in [6.07, 6.45) is 3.63. The molecule has 4 rings (SSSR count). The molecular weight excluding hydrogens is 308 g/mol. The average molecular weight is 334 g/mol. The first-order valence-corrected chi connectivity index (χ1v) is 8.77. The van der Waals surface area contributed by atoms with Crippen LogP contribution in [0.3, 0.4) is 0 Å². The van der Waals surface area contributed by atoms with Gasteiger partial charge in [0.25, 0.3) is 0 Å². The average Bonchev–Trinajstić information content (AvgIpc) is 3.12.